The summed E-state index contributed by atoms with van der Waals surface area (Å²) in [7, 11) is 1.94. The predicted octanol–water partition coefficient (Wildman–Crippen LogP) is 2.11. The Morgan fingerprint density at radius 3 is 2.64 bits per heavy atom. The molecule has 0 N–H and O–H groups in total. The predicted molar refractivity (Wildman–Crippen MR) is 85.6 cm³/mol. The van der Waals surface area contributed by atoms with Crippen molar-refractivity contribution < 1.29 is 9.53 Å². The molecule has 2 aromatic rings. The lowest BCUT2D eigenvalue weighted by atomic mass is 10.1. The Morgan fingerprint density at radius 1 is 1.27 bits per heavy atom. The third kappa shape index (κ3) is 3.34. The summed E-state index contributed by atoms with van der Waals surface area (Å²) in [5.41, 5.74) is 1.01. The van der Waals surface area contributed by atoms with Crippen LogP contribution in [0.2, 0.25) is 0 Å². The van der Waals surface area contributed by atoms with Gasteiger partial charge in [-0.1, -0.05) is 42.1 Å². The normalized spacial score (nSPS) is 16.5. The standard InChI is InChI=1S/C16H19N3O2S/c1-18-8-7-17-16(18)22-14(13-5-3-2-4-6-13)15(20)19-9-11-21-12-10-19/h2-8,14H,9-12H2,1H3/t14-/m0/s1. The highest BCUT2D eigenvalue weighted by molar-refractivity contribution is 8.00. The van der Waals surface area contributed by atoms with Gasteiger partial charge >= 0.3 is 0 Å². The van der Waals surface area contributed by atoms with E-state index in [9.17, 15) is 4.79 Å². The number of thioether (sulfide) groups is 1. The average Bonchev–Trinajstić information content (AvgIpc) is 2.98. The number of rotatable bonds is 4. The van der Waals surface area contributed by atoms with Gasteiger partial charge in [-0.3, -0.25) is 4.79 Å². The van der Waals surface area contributed by atoms with E-state index >= 15 is 0 Å². The molecule has 0 spiro atoms. The van der Waals surface area contributed by atoms with E-state index in [1.54, 1.807) is 6.20 Å². The third-order valence-electron chi connectivity index (χ3n) is 3.65. The molecule has 1 aromatic carbocycles. The summed E-state index contributed by atoms with van der Waals surface area (Å²) in [6.45, 7) is 2.53. The Balaban J connectivity index is 1.85. The fraction of sp³-hybridized carbons (Fsp3) is 0.375. The van der Waals surface area contributed by atoms with Crippen molar-refractivity contribution in [1.82, 2.24) is 14.5 Å². The lowest BCUT2D eigenvalue weighted by Gasteiger charge is -2.30. The Hall–Kier alpha value is -1.79. The largest absolute Gasteiger partial charge is 0.378 e. The maximum atomic E-state index is 12.9. The highest BCUT2D eigenvalue weighted by Gasteiger charge is 2.29. The summed E-state index contributed by atoms with van der Waals surface area (Å²) >= 11 is 1.50. The minimum atomic E-state index is -0.277. The van der Waals surface area contributed by atoms with E-state index in [0.717, 1.165) is 10.7 Å². The molecule has 0 bridgehead atoms. The van der Waals surface area contributed by atoms with Crippen molar-refractivity contribution in [2.24, 2.45) is 7.05 Å². The summed E-state index contributed by atoms with van der Waals surface area (Å²) in [4.78, 5) is 19.2. The van der Waals surface area contributed by atoms with Crippen LogP contribution in [0.25, 0.3) is 0 Å². The Bertz CT molecular complexity index is 623. The maximum Gasteiger partial charge on any atom is 0.240 e. The molecule has 0 radical (unpaired) electrons. The average molecular weight is 317 g/mol. The van der Waals surface area contributed by atoms with Crippen LogP contribution in [0, 0.1) is 0 Å². The molecule has 0 saturated carbocycles. The number of amides is 1. The number of morpholine rings is 1. The number of imidazole rings is 1. The Labute approximate surface area is 134 Å². The van der Waals surface area contributed by atoms with Crippen molar-refractivity contribution in [3.05, 3.63) is 48.3 Å². The topological polar surface area (TPSA) is 47.4 Å². The fourth-order valence-electron chi connectivity index (χ4n) is 2.41. The fourth-order valence-corrected chi connectivity index (χ4v) is 3.51. The van der Waals surface area contributed by atoms with E-state index in [-0.39, 0.29) is 11.2 Å². The van der Waals surface area contributed by atoms with Crippen LogP contribution in [0.4, 0.5) is 0 Å². The van der Waals surface area contributed by atoms with Gasteiger partial charge in [-0.15, -0.1) is 0 Å². The summed E-state index contributed by atoms with van der Waals surface area (Å²) in [6, 6.07) is 9.89. The number of carbonyl (C=O) groups excluding carboxylic acids is 1. The second-order valence-corrected chi connectivity index (χ2v) is 6.24. The van der Waals surface area contributed by atoms with Crippen LogP contribution in [-0.4, -0.2) is 46.7 Å². The molecular weight excluding hydrogens is 298 g/mol. The van der Waals surface area contributed by atoms with E-state index in [0.29, 0.717) is 26.3 Å². The zero-order valence-corrected chi connectivity index (χ0v) is 13.3. The molecule has 22 heavy (non-hydrogen) atoms. The van der Waals surface area contributed by atoms with Crippen LogP contribution >= 0.6 is 11.8 Å². The van der Waals surface area contributed by atoms with E-state index in [2.05, 4.69) is 4.98 Å². The van der Waals surface area contributed by atoms with Gasteiger partial charge in [0, 0.05) is 32.5 Å². The van der Waals surface area contributed by atoms with Gasteiger partial charge in [0.1, 0.15) is 5.25 Å². The number of hydrogen-bond donors (Lipinski definition) is 0. The summed E-state index contributed by atoms with van der Waals surface area (Å²) in [5, 5.41) is 0.566. The van der Waals surface area contributed by atoms with Crippen LogP contribution in [0.5, 0.6) is 0 Å². The first-order valence-corrected chi connectivity index (χ1v) is 8.19. The number of aryl methyl sites for hydroxylation is 1. The highest BCUT2D eigenvalue weighted by Crippen LogP contribution is 2.35. The molecule has 3 rings (SSSR count). The number of nitrogens with zero attached hydrogens (tertiary/aromatic N) is 3. The van der Waals surface area contributed by atoms with Gasteiger partial charge in [-0.2, -0.15) is 0 Å². The molecule has 2 heterocycles. The van der Waals surface area contributed by atoms with E-state index < -0.39 is 0 Å². The number of aromatic nitrogens is 2. The van der Waals surface area contributed by atoms with Gasteiger partial charge < -0.3 is 14.2 Å². The number of ether oxygens (including phenoxy) is 1. The molecule has 1 atom stereocenters. The molecule has 6 heteroatoms. The highest BCUT2D eigenvalue weighted by atomic mass is 32.2. The third-order valence-corrected chi connectivity index (χ3v) is 4.96. The van der Waals surface area contributed by atoms with E-state index in [1.807, 2.05) is 53.0 Å². The summed E-state index contributed by atoms with van der Waals surface area (Å²) < 4.78 is 7.28. The first-order chi connectivity index (χ1) is 10.8. The van der Waals surface area contributed by atoms with Gasteiger partial charge in [-0.05, 0) is 5.56 Å². The monoisotopic (exact) mass is 317 g/mol. The molecule has 0 aliphatic carbocycles. The summed E-state index contributed by atoms with van der Waals surface area (Å²) in [5.74, 6) is 0.127. The zero-order valence-electron chi connectivity index (χ0n) is 12.5. The van der Waals surface area contributed by atoms with E-state index in [1.165, 1.54) is 11.8 Å². The van der Waals surface area contributed by atoms with Crippen molar-refractivity contribution in [3.63, 3.8) is 0 Å². The second kappa shape index (κ2) is 6.98. The van der Waals surface area contributed by atoms with Crippen molar-refractivity contribution >= 4 is 17.7 Å². The molecule has 5 nitrogen and oxygen atoms in total. The van der Waals surface area contributed by atoms with Crippen molar-refractivity contribution in [3.8, 4) is 0 Å². The lowest BCUT2D eigenvalue weighted by Crippen LogP contribution is -2.42. The number of carbonyl (C=O) groups is 1. The molecule has 1 fully saturated rings. The molecule has 1 aliphatic rings. The first kappa shape index (κ1) is 15.1. The Kier molecular flexibility index (Phi) is 4.80. The zero-order chi connectivity index (χ0) is 15.4. The van der Waals surface area contributed by atoms with Crippen LogP contribution in [0.3, 0.4) is 0 Å². The molecule has 1 saturated heterocycles. The smallest absolute Gasteiger partial charge is 0.240 e. The Morgan fingerprint density at radius 2 is 2.00 bits per heavy atom. The van der Waals surface area contributed by atoms with Crippen molar-refractivity contribution in [2.45, 2.75) is 10.4 Å². The minimum Gasteiger partial charge on any atom is -0.378 e. The second-order valence-electron chi connectivity index (χ2n) is 5.17. The molecule has 1 aliphatic heterocycles. The van der Waals surface area contributed by atoms with Crippen LogP contribution in [0.1, 0.15) is 10.8 Å². The lowest BCUT2D eigenvalue weighted by molar-refractivity contribution is -0.134. The van der Waals surface area contributed by atoms with Gasteiger partial charge in [0.2, 0.25) is 5.91 Å². The molecule has 116 valence electrons. The SMILES string of the molecule is Cn1ccnc1S[C@H](C(=O)N1CCOCC1)c1ccccc1. The van der Waals surface area contributed by atoms with Crippen LogP contribution in [0.15, 0.2) is 47.9 Å². The first-order valence-electron chi connectivity index (χ1n) is 7.31. The van der Waals surface area contributed by atoms with Crippen molar-refractivity contribution in [2.75, 3.05) is 26.3 Å². The van der Waals surface area contributed by atoms with Crippen molar-refractivity contribution in [1.29, 1.82) is 0 Å². The molecular formula is C16H19N3O2S. The number of hydrogen-bond acceptors (Lipinski definition) is 4. The quantitative estimate of drug-likeness (QED) is 0.811. The van der Waals surface area contributed by atoms with Gasteiger partial charge in [-0.25, -0.2) is 4.98 Å². The van der Waals surface area contributed by atoms with Crippen LogP contribution in [-0.2, 0) is 16.6 Å². The minimum absolute atomic E-state index is 0.127. The van der Waals surface area contributed by atoms with Gasteiger partial charge in [0.05, 0.1) is 13.2 Å². The maximum absolute atomic E-state index is 12.9. The number of benzene rings is 1. The van der Waals surface area contributed by atoms with Gasteiger partial charge in [0.25, 0.3) is 0 Å². The molecule has 0 unspecified atom stereocenters. The van der Waals surface area contributed by atoms with Gasteiger partial charge in [0.15, 0.2) is 5.16 Å². The van der Waals surface area contributed by atoms with Crippen LogP contribution < -0.4 is 0 Å². The molecule has 1 aromatic heterocycles. The van der Waals surface area contributed by atoms with E-state index in [4.69, 9.17) is 4.74 Å². The molecule has 1 amide bonds. The summed E-state index contributed by atoms with van der Waals surface area (Å²) in [6.07, 6.45) is 3.65.